The third-order valence-corrected chi connectivity index (χ3v) is 4.30. The van der Waals surface area contributed by atoms with E-state index < -0.39 is 0 Å². The summed E-state index contributed by atoms with van der Waals surface area (Å²) in [5.74, 6) is 0. The number of hydrogen-bond donors (Lipinski definition) is 1. The van der Waals surface area contributed by atoms with Crippen molar-refractivity contribution in [2.45, 2.75) is 56.7 Å². The van der Waals surface area contributed by atoms with E-state index in [9.17, 15) is 0 Å². The van der Waals surface area contributed by atoms with Crippen LogP contribution < -0.4 is 5.32 Å². The van der Waals surface area contributed by atoms with Gasteiger partial charge in [0.2, 0.25) is 0 Å². The van der Waals surface area contributed by atoms with Crippen molar-refractivity contribution in [3.8, 4) is 0 Å². The minimum Gasteiger partial charge on any atom is -0.382 e. The first-order chi connectivity index (χ1) is 9.35. The van der Waals surface area contributed by atoms with Crippen molar-refractivity contribution in [3.63, 3.8) is 0 Å². The van der Waals surface area contributed by atoms with Crippen LogP contribution in [0, 0.1) is 0 Å². The van der Waals surface area contributed by atoms with Crippen LogP contribution in [-0.2, 0) is 14.2 Å². The van der Waals surface area contributed by atoms with E-state index in [1.165, 1.54) is 38.5 Å². The van der Waals surface area contributed by atoms with Gasteiger partial charge >= 0.3 is 0 Å². The highest BCUT2D eigenvalue weighted by Crippen LogP contribution is 2.43. The van der Waals surface area contributed by atoms with E-state index >= 15 is 0 Å². The molecule has 1 spiro atoms. The number of ether oxygens (including phenoxy) is 3. The maximum absolute atomic E-state index is 6.26. The second-order valence-corrected chi connectivity index (χ2v) is 5.83. The van der Waals surface area contributed by atoms with Crippen LogP contribution in [0.15, 0.2) is 0 Å². The van der Waals surface area contributed by atoms with Crippen molar-refractivity contribution in [2.75, 3.05) is 40.0 Å². The molecule has 1 atom stereocenters. The van der Waals surface area contributed by atoms with Crippen LogP contribution in [0.25, 0.3) is 0 Å². The molecule has 2 fully saturated rings. The molecular formula is C15H29NO3. The largest absolute Gasteiger partial charge is 0.382 e. The summed E-state index contributed by atoms with van der Waals surface area (Å²) in [7, 11) is 1.70. The molecule has 1 saturated heterocycles. The average Bonchev–Trinajstić information content (AvgIpc) is 3.04. The highest BCUT2D eigenvalue weighted by molar-refractivity contribution is 4.93. The van der Waals surface area contributed by atoms with Gasteiger partial charge in [0.1, 0.15) is 0 Å². The summed E-state index contributed by atoms with van der Waals surface area (Å²) in [5.41, 5.74) is 0.273. The molecule has 2 rings (SSSR count). The van der Waals surface area contributed by atoms with E-state index in [0.29, 0.717) is 19.3 Å². The van der Waals surface area contributed by atoms with Gasteiger partial charge in [-0.25, -0.2) is 0 Å². The van der Waals surface area contributed by atoms with Gasteiger partial charge in [0.25, 0.3) is 0 Å². The molecule has 1 heterocycles. The van der Waals surface area contributed by atoms with Gasteiger partial charge in [0, 0.05) is 20.3 Å². The van der Waals surface area contributed by atoms with Crippen molar-refractivity contribution < 1.29 is 14.2 Å². The lowest BCUT2D eigenvalue weighted by Gasteiger charge is -2.23. The van der Waals surface area contributed by atoms with Crippen LogP contribution in [0.3, 0.4) is 0 Å². The SMILES string of the molecule is COCCOCCCNCC1CCC2(CCCC2)O1. The Balaban J connectivity index is 1.44. The Morgan fingerprint density at radius 2 is 2.00 bits per heavy atom. The fourth-order valence-electron chi connectivity index (χ4n) is 3.23. The van der Waals surface area contributed by atoms with Gasteiger partial charge < -0.3 is 19.5 Å². The molecule has 1 N–H and O–H groups in total. The topological polar surface area (TPSA) is 39.7 Å². The summed E-state index contributed by atoms with van der Waals surface area (Å²) in [6.45, 7) is 4.21. The molecule has 0 aromatic rings. The van der Waals surface area contributed by atoms with Crippen LogP contribution >= 0.6 is 0 Å². The number of nitrogens with one attached hydrogen (secondary N) is 1. The van der Waals surface area contributed by atoms with Crippen LogP contribution in [0.1, 0.15) is 44.9 Å². The molecule has 1 aliphatic carbocycles. The lowest BCUT2D eigenvalue weighted by molar-refractivity contribution is -0.0351. The van der Waals surface area contributed by atoms with Crippen molar-refractivity contribution in [2.24, 2.45) is 0 Å². The summed E-state index contributed by atoms with van der Waals surface area (Å²) in [4.78, 5) is 0. The van der Waals surface area contributed by atoms with Crippen LogP contribution in [0.2, 0.25) is 0 Å². The van der Waals surface area contributed by atoms with Gasteiger partial charge in [-0.15, -0.1) is 0 Å². The quantitative estimate of drug-likeness (QED) is 0.652. The highest BCUT2D eigenvalue weighted by atomic mass is 16.5. The molecule has 4 heteroatoms. The summed E-state index contributed by atoms with van der Waals surface area (Å²) in [6.07, 6.45) is 9.30. The Bertz CT molecular complexity index is 242. The first-order valence-corrected chi connectivity index (χ1v) is 7.80. The number of methoxy groups -OCH3 is 1. The standard InChI is InChI=1S/C15H29NO3/c1-17-11-12-18-10-4-9-16-13-14-5-8-15(19-14)6-2-3-7-15/h14,16H,2-13H2,1H3. The maximum atomic E-state index is 6.26. The molecule has 0 radical (unpaired) electrons. The molecule has 1 unspecified atom stereocenters. The number of hydrogen-bond acceptors (Lipinski definition) is 4. The molecule has 0 amide bonds. The van der Waals surface area contributed by atoms with Crippen molar-refractivity contribution >= 4 is 0 Å². The van der Waals surface area contributed by atoms with Gasteiger partial charge in [-0.2, -0.15) is 0 Å². The van der Waals surface area contributed by atoms with Crippen LogP contribution in [0.4, 0.5) is 0 Å². The molecule has 1 aliphatic heterocycles. The molecule has 0 bridgehead atoms. The Labute approximate surface area is 117 Å². The van der Waals surface area contributed by atoms with E-state index in [1.807, 2.05) is 0 Å². The Hall–Kier alpha value is -0.160. The normalized spacial score (nSPS) is 25.4. The van der Waals surface area contributed by atoms with Gasteiger partial charge in [0.05, 0.1) is 24.9 Å². The van der Waals surface area contributed by atoms with E-state index in [4.69, 9.17) is 14.2 Å². The van der Waals surface area contributed by atoms with Crippen molar-refractivity contribution in [1.29, 1.82) is 0 Å². The predicted octanol–water partition coefficient (Wildman–Crippen LogP) is 2.12. The molecule has 0 aromatic heterocycles. The fraction of sp³-hybridized carbons (Fsp3) is 1.00. The lowest BCUT2D eigenvalue weighted by atomic mass is 9.98. The number of rotatable bonds is 9. The average molecular weight is 271 g/mol. The molecule has 19 heavy (non-hydrogen) atoms. The van der Waals surface area contributed by atoms with Gasteiger partial charge in [0.15, 0.2) is 0 Å². The zero-order valence-corrected chi connectivity index (χ0v) is 12.3. The van der Waals surface area contributed by atoms with Gasteiger partial charge in [-0.05, 0) is 38.6 Å². The molecule has 1 saturated carbocycles. The molecule has 112 valence electrons. The monoisotopic (exact) mass is 271 g/mol. The minimum atomic E-state index is 0.273. The van der Waals surface area contributed by atoms with Crippen molar-refractivity contribution in [1.82, 2.24) is 5.32 Å². The zero-order chi connectivity index (χ0) is 13.4. The third kappa shape index (κ3) is 5.03. The van der Waals surface area contributed by atoms with E-state index in [2.05, 4.69) is 5.32 Å². The van der Waals surface area contributed by atoms with Crippen LogP contribution in [-0.4, -0.2) is 51.7 Å². The predicted molar refractivity (Wildman–Crippen MR) is 75.5 cm³/mol. The smallest absolute Gasteiger partial charge is 0.0708 e. The third-order valence-electron chi connectivity index (χ3n) is 4.30. The Morgan fingerprint density at radius 1 is 1.16 bits per heavy atom. The second kappa shape index (κ2) is 8.20. The Morgan fingerprint density at radius 3 is 2.79 bits per heavy atom. The first kappa shape index (κ1) is 15.2. The molecule has 4 nitrogen and oxygen atoms in total. The van der Waals surface area contributed by atoms with Gasteiger partial charge in [-0.1, -0.05) is 12.8 Å². The fourth-order valence-corrected chi connectivity index (χ4v) is 3.23. The molecule has 0 aromatic carbocycles. The summed E-state index contributed by atoms with van der Waals surface area (Å²) in [5, 5.41) is 3.49. The highest BCUT2D eigenvalue weighted by Gasteiger charge is 2.41. The molecular weight excluding hydrogens is 242 g/mol. The molecule has 2 aliphatic rings. The lowest BCUT2D eigenvalue weighted by Crippen LogP contribution is -2.31. The first-order valence-electron chi connectivity index (χ1n) is 7.80. The van der Waals surface area contributed by atoms with E-state index in [0.717, 1.165) is 26.1 Å². The zero-order valence-electron chi connectivity index (χ0n) is 12.3. The van der Waals surface area contributed by atoms with Gasteiger partial charge in [-0.3, -0.25) is 0 Å². The summed E-state index contributed by atoms with van der Waals surface area (Å²) < 4.78 is 16.6. The minimum absolute atomic E-state index is 0.273. The maximum Gasteiger partial charge on any atom is 0.0708 e. The van der Waals surface area contributed by atoms with Crippen LogP contribution in [0.5, 0.6) is 0 Å². The van der Waals surface area contributed by atoms with E-state index in [1.54, 1.807) is 7.11 Å². The summed E-state index contributed by atoms with van der Waals surface area (Å²) >= 11 is 0. The second-order valence-electron chi connectivity index (χ2n) is 5.83. The van der Waals surface area contributed by atoms with E-state index in [-0.39, 0.29) is 5.60 Å². The summed E-state index contributed by atoms with van der Waals surface area (Å²) in [6, 6.07) is 0. The van der Waals surface area contributed by atoms with Crippen molar-refractivity contribution in [3.05, 3.63) is 0 Å². The Kier molecular flexibility index (Phi) is 6.57.